The van der Waals surface area contributed by atoms with Gasteiger partial charge in [-0.3, -0.25) is 4.79 Å². The highest BCUT2D eigenvalue weighted by Gasteiger charge is 2.13. The second kappa shape index (κ2) is 9.44. The Kier molecular flexibility index (Phi) is 7.84. The quantitative estimate of drug-likeness (QED) is 0.397. The average molecular weight is 284 g/mol. The summed E-state index contributed by atoms with van der Waals surface area (Å²) in [6.07, 6.45) is 1.41. The second-order valence-electron chi connectivity index (χ2n) is 4.29. The minimum absolute atomic E-state index is 0.177. The highest BCUT2D eigenvalue weighted by molar-refractivity contribution is 5.68. The summed E-state index contributed by atoms with van der Waals surface area (Å²) in [4.78, 5) is 11.1. The molecule has 0 heterocycles. The fourth-order valence-electron chi connectivity index (χ4n) is 1.77. The SMILES string of the molecule is CCOCOC(CCCC(=O)OC)c1ccc(F)cc1. The van der Waals surface area contributed by atoms with Crippen LogP contribution in [0, 0.1) is 5.82 Å². The summed E-state index contributed by atoms with van der Waals surface area (Å²) in [7, 11) is 1.37. The minimum Gasteiger partial charge on any atom is -0.469 e. The molecule has 5 heteroatoms. The topological polar surface area (TPSA) is 44.8 Å². The number of benzene rings is 1. The fourth-order valence-corrected chi connectivity index (χ4v) is 1.77. The Morgan fingerprint density at radius 2 is 2.00 bits per heavy atom. The third-order valence-corrected chi connectivity index (χ3v) is 2.87. The third kappa shape index (κ3) is 6.12. The maximum absolute atomic E-state index is 12.9. The van der Waals surface area contributed by atoms with Gasteiger partial charge < -0.3 is 14.2 Å². The van der Waals surface area contributed by atoms with Crippen molar-refractivity contribution in [3.8, 4) is 0 Å². The second-order valence-corrected chi connectivity index (χ2v) is 4.29. The van der Waals surface area contributed by atoms with Crippen molar-refractivity contribution in [2.45, 2.75) is 32.3 Å². The van der Waals surface area contributed by atoms with Gasteiger partial charge in [-0.2, -0.15) is 0 Å². The van der Waals surface area contributed by atoms with Crippen LogP contribution in [0.1, 0.15) is 37.9 Å². The van der Waals surface area contributed by atoms with Gasteiger partial charge in [-0.15, -0.1) is 0 Å². The summed E-state index contributed by atoms with van der Waals surface area (Å²) in [6.45, 7) is 2.63. The monoisotopic (exact) mass is 284 g/mol. The van der Waals surface area contributed by atoms with Gasteiger partial charge in [0.25, 0.3) is 0 Å². The van der Waals surface area contributed by atoms with Crippen LogP contribution in [0.5, 0.6) is 0 Å². The van der Waals surface area contributed by atoms with E-state index in [-0.39, 0.29) is 24.7 Å². The Balaban J connectivity index is 2.55. The van der Waals surface area contributed by atoms with E-state index in [4.69, 9.17) is 9.47 Å². The summed E-state index contributed by atoms with van der Waals surface area (Å²) in [5.41, 5.74) is 0.871. The molecule has 4 nitrogen and oxygen atoms in total. The zero-order valence-electron chi connectivity index (χ0n) is 11.9. The standard InChI is InChI=1S/C15H21FO4/c1-3-19-11-20-14(5-4-6-15(17)18-2)12-7-9-13(16)10-8-12/h7-10,14H,3-6,11H2,1-2H3. The highest BCUT2D eigenvalue weighted by atomic mass is 19.1. The Bertz CT molecular complexity index is 391. The average Bonchev–Trinajstić information content (AvgIpc) is 2.46. The molecular formula is C15H21FO4. The van der Waals surface area contributed by atoms with E-state index in [0.29, 0.717) is 25.9 Å². The van der Waals surface area contributed by atoms with Crippen molar-refractivity contribution < 1.29 is 23.4 Å². The lowest BCUT2D eigenvalue weighted by molar-refractivity contribution is -0.141. The van der Waals surface area contributed by atoms with Crippen LogP contribution in [0.15, 0.2) is 24.3 Å². The molecule has 0 spiro atoms. The number of halogens is 1. The third-order valence-electron chi connectivity index (χ3n) is 2.87. The van der Waals surface area contributed by atoms with Crippen molar-refractivity contribution in [3.63, 3.8) is 0 Å². The zero-order valence-corrected chi connectivity index (χ0v) is 11.9. The van der Waals surface area contributed by atoms with Crippen LogP contribution in [0.3, 0.4) is 0 Å². The van der Waals surface area contributed by atoms with Gasteiger partial charge in [-0.25, -0.2) is 4.39 Å². The highest BCUT2D eigenvalue weighted by Crippen LogP contribution is 2.24. The molecule has 0 aliphatic rings. The van der Waals surface area contributed by atoms with Crippen molar-refractivity contribution in [3.05, 3.63) is 35.6 Å². The number of hydrogen-bond acceptors (Lipinski definition) is 4. The van der Waals surface area contributed by atoms with Gasteiger partial charge in [0.1, 0.15) is 12.6 Å². The number of ether oxygens (including phenoxy) is 3. The molecule has 0 saturated heterocycles. The van der Waals surface area contributed by atoms with Gasteiger partial charge in [0, 0.05) is 13.0 Å². The molecule has 0 aliphatic heterocycles. The Hall–Kier alpha value is -1.46. The molecule has 0 saturated carbocycles. The molecule has 0 amide bonds. The Morgan fingerprint density at radius 1 is 1.30 bits per heavy atom. The zero-order chi connectivity index (χ0) is 14.8. The van der Waals surface area contributed by atoms with Crippen molar-refractivity contribution in [1.82, 2.24) is 0 Å². The van der Waals surface area contributed by atoms with E-state index in [2.05, 4.69) is 4.74 Å². The molecule has 0 bridgehead atoms. The lowest BCUT2D eigenvalue weighted by atomic mass is 10.0. The van der Waals surface area contributed by atoms with Crippen molar-refractivity contribution >= 4 is 5.97 Å². The van der Waals surface area contributed by atoms with E-state index in [1.54, 1.807) is 12.1 Å². The van der Waals surface area contributed by atoms with Crippen molar-refractivity contribution in [1.29, 1.82) is 0 Å². The first-order valence-corrected chi connectivity index (χ1v) is 6.69. The smallest absolute Gasteiger partial charge is 0.305 e. The molecule has 0 fully saturated rings. The molecule has 0 aliphatic carbocycles. The number of esters is 1. The summed E-state index contributed by atoms with van der Waals surface area (Å²) >= 11 is 0. The molecule has 1 atom stereocenters. The first-order chi connectivity index (χ1) is 9.67. The van der Waals surface area contributed by atoms with E-state index in [1.807, 2.05) is 6.92 Å². The van der Waals surface area contributed by atoms with E-state index < -0.39 is 0 Å². The van der Waals surface area contributed by atoms with Crippen molar-refractivity contribution in [2.24, 2.45) is 0 Å². The van der Waals surface area contributed by atoms with Crippen LogP contribution in [-0.4, -0.2) is 26.5 Å². The van der Waals surface area contributed by atoms with Gasteiger partial charge >= 0.3 is 5.97 Å². The Morgan fingerprint density at radius 3 is 2.60 bits per heavy atom. The van der Waals surface area contributed by atoms with Gasteiger partial charge in [0.2, 0.25) is 0 Å². The lowest BCUT2D eigenvalue weighted by Crippen LogP contribution is -2.09. The van der Waals surface area contributed by atoms with Gasteiger partial charge in [-0.1, -0.05) is 12.1 Å². The largest absolute Gasteiger partial charge is 0.469 e. The summed E-state index contributed by atoms with van der Waals surface area (Å²) in [5, 5.41) is 0. The van der Waals surface area contributed by atoms with Crippen LogP contribution < -0.4 is 0 Å². The number of carbonyl (C=O) groups is 1. The molecule has 1 rings (SSSR count). The predicted molar refractivity (Wildman–Crippen MR) is 72.6 cm³/mol. The maximum atomic E-state index is 12.9. The van der Waals surface area contributed by atoms with Crippen LogP contribution >= 0.6 is 0 Å². The van der Waals surface area contributed by atoms with E-state index >= 15 is 0 Å². The van der Waals surface area contributed by atoms with Crippen LogP contribution in [0.25, 0.3) is 0 Å². The molecular weight excluding hydrogens is 263 g/mol. The van der Waals surface area contributed by atoms with E-state index in [0.717, 1.165) is 5.56 Å². The molecule has 0 N–H and O–H groups in total. The molecule has 1 aromatic carbocycles. The number of methoxy groups -OCH3 is 1. The van der Waals surface area contributed by atoms with Crippen LogP contribution in [-0.2, 0) is 19.0 Å². The summed E-state index contributed by atoms with van der Waals surface area (Å²) in [5.74, 6) is -0.528. The van der Waals surface area contributed by atoms with Gasteiger partial charge in [0.15, 0.2) is 0 Å². The first kappa shape index (κ1) is 16.6. The van der Waals surface area contributed by atoms with Crippen LogP contribution in [0.2, 0.25) is 0 Å². The maximum Gasteiger partial charge on any atom is 0.305 e. The first-order valence-electron chi connectivity index (χ1n) is 6.69. The molecule has 0 radical (unpaired) electrons. The number of hydrogen-bond donors (Lipinski definition) is 0. The van der Waals surface area contributed by atoms with E-state index in [1.165, 1.54) is 19.2 Å². The van der Waals surface area contributed by atoms with E-state index in [9.17, 15) is 9.18 Å². The summed E-state index contributed by atoms with van der Waals surface area (Å²) < 4.78 is 28.3. The number of carbonyl (C=O) groups excluding carboxylic acids is 1. The number of rotatable bonds is 9. The minimum atomic E-state index is -0.285. The molecule has 112 valence electrons. The summed E-state index contributed by atoms with van der Waals surface area (Å²) in [6, 6.07) is 6.16. The molecule has 0 aromatic heterocycles. The Labute approximate surface area is 118 Å². The van der Waals surface area contributed by atoms with Gasteiger partial charge in [0.05, 0.1) is 13.2 Å². The molecule has 1 aromatic rings. The lowest BCUT2D eigenvalue weighted by Gasteiger charge is -2.18. The fraction of sp³-hybridized carbons (Fsp3) is 0.533. The molecule has 1 unspecified atom stereocenters. The predicted octanol–water partition coefficient (Wildman–Crippen LogP) is 3.22. The van der Waals surface area contributed by atoms with Gasteiger partial charge in [-0.05, 0) is 37.5 Å². The normalized spacial score (nSPS) is 12.2. The van der Waals surface area contributed by atoms with Crippen molar-refractivity contribution in [2.75, 3.05) is 20.5 Å². The van der Waals surface area contributed by atoms with Crippen LogP contribution in [0.4, 0.5) is 4.39 Å². The molecule has 20 heavy (non-hydrogen) atoms.